The van der Waals surface area contributed by atoms with E-state index in [2.05, 4.69) is 26.0 Å². The molecule has 1 heteroatoms. The summed E-state index contributed by atoms with van der Waals surface area (Å²) < 4.78 is 3.25. The van der Waals surface area contributed by atoms with Crippen molar-refractivity contribution in [3.63, 3.8) is 0 Å². The average Bonchev–Trinajstić information content (AvgIpc) is 2.09. The van der Waals surface area contributed by atoms with Crippen molar-refractivity contribution < 1.29 is 0 Å². The summed E-state index contributed by atoms with van der Waals surface area (Å²) in [4.78, 5) is 0. The molecule has 0 aliphatic carbocycles. The summed E-state index contributed by atoms with van der Waals surface area (Å²) in [6.45, 7) is 4.57. The Hall–Kier alpha value is 0.270. The molecule has 0 amide bonds. The van der Waals surface area contributed by atoms with Crippen molar-refractivity contribution in [1.82, 2.24) is 0 Å². The molecule has 1 rings (SSSR count). The molecular weight excluding hydrogens is 260 g/mol. The molecule has 12 heavy (non-hydrogen) atoms. The molecule has 0 spiro atoms. The predicted molar refractivity (Wildman–Crippen MR) is 56.5 cm³/mol. The van der Waals surface area contributed by atoms with Crippen LogP contribution in [0.25, 0.3) is 0 Å². The summed E-state index contributed by atoms with van der Waals surface area (Å²) in [5, 5.41) is 0. The van der Waals surface area contributed by atoms with Crippen LogP contribution in [0, 0.1) is 0 Å². The second-order valence-corrected chi connectivity index (χ2v) is 6.34. The summed E-state index contributed by atoms with van der Waals surface area (Å²) in [6.07, 6.45) is 10.1. The fourth-order valence-electron chi connectivity index (χ4n) is 1.48. The normalized spacial score (nSPS) is 17.2. The maximum absolute atomic E-state index is 2.38. The Balaban J connectivity index is 2.62. The van der Waals surface area contributed by atoms with E-state index in [1.807, 2.05) is 3.62 Å². The predicted octanol–water partition coefficient (Wildman–Crippen LogP) is 3.53. The minimum absolute atomic E-state index is 0.212. The molecule has 0 saturated carbocycles. The van der Waals surface area contributed by atoms with Crippen molar-refractivity contribution in [2.75, 3.05) is 0 Å². The third-order valence-corrected chi connectivity index (χ3v) is 5.38. The first-order valence-electron chi connectivity index (χ1n) is 4.89. The van der Waals surface area contributed by atoms with Gasteiger partial charge in [0.1, 0.15) is 0 Å². The first kappa shape index (κ1) is 10.4. The van der Waals surface area contributed by atoms with E-state index in [0.717, 1.165) is 0 Å². The average molecular weight is 278 g/mol. The second kappa shape index (κ2) is 5.84. The van der Waals surface area contributed by atoms with Gasteiger partial charge in [-0.15, -0.1) is 0 Å². The molecule has 1 heterocycles. The van der Waals surface area contributed by atoms with E-state index in [9.17, 15) is 0 Å². The van der Waals surface area contributed by atoms with E-state index in [4.69, 9.17) is 0 Å². The minimum atomic E-state index is 0.212. The topological polar surface area (TPSA) is 0 Å². The first-order valence-corrected chi connectivity index (χ1v) is 7.71. The van der Waals surface area contributed by atoms with E-state index in [-0.39, 0.29) is 20.9 Å². The summed E-state index contributed by atoms with van der Waals surface area (Å²) in [5.41, 5.74) is 1.69. The summed E-state index contributed by atoms with van der Waals surface area (Å²) in [5.74, 6) is 0. The van der Waals surface area contributed by atoms with E-state index in [0.29, 0.717) is 0 Å². The van der Waals surface area contributed by atoms with Crippen molar-refractivity contribution >= 4 is 20.9 Å². The second-order valence-electron chi connectivity index (χ2n) is 3.16. The molecule has 0 radical (unpaired) electrons. The molecular formula is C11H18Te. The molecule has 1 aliphatic heterocycles. The van der Waals surface area contributed by atoms with E-state index < -0.39 is 0 Å². The van der Waals surface area contributed by atoms with Gasteiger partial charge >= 0.3 is 86.3 Å². The Bertz CT molecular complexity index is 189. The Labute approximate surface area is 86.2 Å². The molecule has 0 atom stereocenters. The number of hydrogen-bond donors (Lipinski definition) is 0. The van der Waals surface area contributed by atoms with Crippen LogP contribution in [0.4, 0.5) is 0 Å². The summed E-state index contributed by atoms with van der Waals surface area (Å²) in [7, 11) is 0. The monoisotopic (exact) mass is 280 g/mol. The van der Waals surface area contributed by atoms with Gasteiger partial charge in [-0.2, -0.15) is 0 Å². The van der Waals surface area contributed by atoms with Gasteiger partial charge in [-0.05, 0) is 0 Å². The van der Waals surface area contributed by atoms with Crippen LogP contribution in [0.2, 0.25) is 4.47 Å². The van der Waals surface area contributed by atoms with E-state index in [1.165, 1.54) is 30.2 Å². The van der Waals surface area contributed by atoms with Crippen LogP contribution in [-0.2, 0) is 0 Å². The van der Waals surface area contributed by atoms with Crippen LogP contribution in [0.5, 0.6) is 0 Å². The molecule has 1 aliphatic rings. The van der Waals surface area contributed by atoms with Gasteiger partial charge in [-0.3, -0.25) is 0 Å². The molecule has 0 aromatic carbocycles. The van der Waals surface area contributed by atoms with Gasteiger partial charge in [-0.25, -0.2) is 0 Å². The van der Waals surface area contributed by atoms with Gasteiger partial charge in [0.25, 0.3) is 0 Å². The van der Waals surface area contributed by atoms with Crippen LogP contribution in [0.3, 0.4) is 0 Å². The zero-order valence-electron chi connectivity index (χ0n) is 8.10. The fraction of sp³-hybridized carbons (Fsp3) is 0.636. The zero-order chi connectivity index (χ0) is 8.81. The van der Waals surface area contributed by atoms with Gasteiger partial charge in [0, 0.05) is 0 Å². The number of allylic oxidation sites excluding steroid dienone is 4. The molecule has 0 unspecified atom stereocenters. The number of rotatable bonds is 4. The van der Waals surface area contributed by atoms with Crippen molar-refractivity contribution in [2.45, 2.75) is 44.0 Å². The molecule has 0 bridgehead atoms. The number of hydrogen-bond acceptors (Lipinski definition) is 0. The Morgan fingerprint density at radius 3 is 2.67 bits per heavy atom. The molecule has 0 aromatic rings. The van der Waals surface area contributed by atoms with Crippen LogP contribution in [0.1, 0.15) is 39.5 Å². The quantitative estimate of drug-likeness (QED) is 0.690. The van der Waals surface area contributed by atoms with Crippen molar-refractivity contribution in [1.29, 1.82) is 0 Å². The van der Waals surface area contributed by atoms with E-state index in [1.54, 1.807) is 5.57 Å². The van der Waals surface area contributed by atoms with Crippen molar-refractivity contribution in [3.8, 4) is 0 Å². The Morgan fingerprint density at radius 1 is 1.25 bits per heavy atom. The van der Waals surface area contributed by atoms with Crippen LogP contribution in [-0.4, -0.2) is 20.9 Å². The summed E-state index contributed by atoms with van der Waals surface area (Å²) >= 11 is 0.212. The molecule has 68 valence electrons. The fourth-order valence-corrected chi connectivity index (χ4v) is 4.61. The third kappa shape index (κ3) is 2.96. The Morgan fingerprint density at radius 2 is 2.00 bits per heavy atom. The summed E-state index contributed by atoms with van der Waals surface area (Å²) in [6, 6.07) is 0. The molecule has 0 N–H and O–H groups in total. The van der Waals surface area contributed by atoms with Gasteiger partial charge < -0.3 is 0 Å². The van der Waals surface area contributed by atoms with Crippen molar-refractivity contribution in [3.05, 3.63) is 21.3 Å². The molecule has 0 fully saturated rings. The van der Waals surface area contributed by atoms with Crippen LogP contribution < -0.4 is 0 Å². The molecule has 0 saturated heterocycles. The third-order valence-electron chi connectivity index (χ3n) is 2.03. The van der Waals surface area contributed by atoms with Crippen LogP contribution >= 0.6 is 0 Å². The van der Waals surface area contributed by atoms with E-state index >= 15 is 0 Å². The maximum atomic E-state index is 2.38. The molecule has 0 nitrogen and oxygen atoms in total. The molecule has 0 aromatic heterocycles. The van der Waals surface area contributed by atoms with Gasteiger partial charge in [0.05, 0.1) is 0 Å². The first-order chi connectivity index (χ1) is 5.88. The Kier molecular flexibility index (Phi) is 5.03. The van der Waals surface area contributed by atoms with Gasteiger partial charge in [0.2, 0.25) is 0 Å². The van der Waals surface area contributed by atoms with Gasteiger partial charge in [0.15, 0.2) is 0 Å². The SMILES string of the molecule is CCCC1=C(CCC)[Te]CC=C1. The standard InChI is InChI=1S/C11H18Te/c1-3-6-10-8-5-9-12-11(10)7-4-2/h5,8H,3-4,6-7,9H2,1-2H3. The van der Waals surface area contributed by atoms with Crippen LogP contribution in [0.15, 0.2) is 21.3 Å². The zero-order valence-corrected chi connectivity index (χ0v) is 10.4. The van der Waals surface area contributed by atoms with Gasteiger partial charge in [-0.1, -0.05) is 0 Å². The van der Waals surface area contributed by atoms with Crippen molar-refractivity contribution in [2.24, 2.45) is 0 Å².